The van der Waals surface area contributed by atoms with Crippen molar-refractivity contribution in [3.05, 3.63) is 59.8 Å². The first-order chi connectivity index (χ1) is 15.2. The van der Waals surface area contributed by atoms with Gasteiger partial charge in [0.05, 0.1) is 25.5 Å². The number of hydrogen-bond acceptors (Lipinski definition) is 8. The first kappa shape index (κ1) is 20.5. The van der Waals surface area contributed by atoms with Crippen molar-refractivity contribution in [1.29, 1.82) is 0 Å². The van der Waals surface area contributed by atoms with Gasteiger partial charge in [0, 0.05) is 23.8 Å². The largest absolute Gasteiger partial charge is 0.497 e. The van der Waals surface area contributed by atoms with Gasteiger partial charge < -0.3 is 19.3 Å². The number of aryl methyl sites for hydroxylation is 1. The van der Waals surface area contributed by atoms with Crippen LogP contribution in [0.25, 0.3) is 22.6 Å². The third kappa shape index (κ3) is 4.89. The minimum absolute atomic E-state index is 0.173. The summed E-state index contributed by atoms with van der Waals surface area (Å²) in [4.78, 5) is 21.2. The van der Waals surface area contributed by atoms with Crippen LogP contribution in [0, 0.1) is 0 Å². The van der Waals surface area contributed by atoms with Gasteiger partial charge in [-0.05, 0) is 36.4 Å². The van der Waals surface area contributed by atoms with E-state index in [0.29, 0.717) is 29.0 Å². The SMILES string of the molecule is COc1ccc(-c2csc(NC(=O)CCc3nc(-c4ccccc4OC)no3)n2)cc1. The van der Waals surface area contributed by atoms with Crippen molar-refractivity contribution in [3.8, 4) is 34.1 Å². The van der Waals surface area contributed by atoms with Gasteiger partial charge in [0.1, 0.15) is 11.5 Å². The summed E-state index contributed by atoms with van der Waals surface area (Å²) in [7, 11) is 3.21. The standard InChI is InChI=1S/C22H20N4O4S/c1-28-15-9-7-14(8-10-15)17-13-31-22(23-17)24-19(27)11-12-20-25-21(26-30-20)16-5-3-4-6-18(16)29-2/h3-10,13H,11-12H2,1-2H3,(H,23,24,27). The molecule has 0 aliphatic rings. The number of amides is 1. The van der Waals surface area contributed by atoms with Gasteiger partial charge in [-0.1, -0.05) is 17.3 Å². The van der Waals surface area contributed by atoms with Gasteiger partial charge >= 0.3 is 0 Å². The molecule has 0 radical (unpaired) electrons. The quantitative estimate of drug-likeness (QED) is 0.436. The van der Waals surface area contributed by atoms with E-state index in [1.54, 1.807) is 14.2 Å². The number of nitrogens with one attached hydrogen (secondary N) is 1. The lowest BCUT2D eigenvalue weighted by molar-refractivity contribution is -0.116. The molecule has 0 aliphatic carbocycles. The number of nitrogens with zero attached hydrogens (tertiary/aromatic N) is 3. The molecule has 0 unspecified atom stereocenters. The van der Waals surface area contributed by atoms with Crippen molar-refractivity contribution in [3.63, 3.8) is 0 Å². The molecule has 4 aromatic rings. The van der Waals surface area contributed by atoms with Crippen LogP contribution in [0.5, 0.6) is 11.5 Å². The van der Waals surface area contributed by atoms with E-state index < -0.39 is 0 Å². The highest BCUT2D eigenvalue weighted by atomic mass is 32.1. The summed E-state index contributed by atoms with van der Waals surface area (Å²) in [5.41, 5.74) is 2.48. The smallest absolute Gasteiger partial charge is 0.227 e. The fourth-order valence-corrected chi connectivity index (χ4v) is 3.66. The van der Waals surface area contributed by atoms with Crippen LogP contribution in [0.3, 0.4) is 0 Å². The number of carbonyl (C=O) groups excluding carboxylic acids is 1. The van der Waals surface area contributed by atoms with E-state index in [-0.39, 0.29) is 12.3 Å². The van der Waals surface area contributed by atoms with Crippen LogP contribution < -0.4 is 14.8 Å². The third-order valence-corrected chi connectivity index (χ3v) is 5.28. The topological polar surface area (TPSA) is 99.4 Å². The minimum Gasteiger partial charge on any atom is -0.497 e. The summed E-state index contributed by atoms with van der Waals surface area (Å²) in [5.74, 6) is 2.07. The average Bonchev–Trinajstić information content (AvgIpc) is 3.47. The maximum Gasteiger partial charge on any atom is 0.227 e. The molecule has 0 spiro atoms. The molecule has 0 atom stereocenters. The van der Waals surface area contributed by atoms with Crippen molar-refractivity contribution < 1.29 is 18.8 Å². The van der Waals surface area contributed by atoms with Crippen molar-refractivity contribution in [2.24, 2.45) is 0 Å². The molecule has 2 aromatic carbocycles. The number of rotatable bonds is 8. The molecule has 9 heteroatoms. The monoisotopic (exact) mass is 436 g/mol. The predicted molar refractivity (Wildman–Crippen MR) is 117 cm³/mol. The Bertz CT molecular complexity index is 1170. The van der Waals surface area contributed by atoms with Crippen LogP contribution in [0.2, 0.25) is 0 Å². The number of anilines is 1. The van der Waals surface area contributed by atoms with Gasteiger partial charge in [-0.25, -0.2) is 4.98 Å². The van der Waals surface area contributed by atoms with Crippen LogP contribution in [-0.2, 0) is 11.2 Å². The minimum atomic E-state index is -0.173. The van der Waals surface area contributed by atoms with Crippen LogP contribution >= 0.6 is 11.3 Å². The number of methoxy groups -OCH3 is 2. The Hall–Kier alpha value is -3.72. The zero-order valence-electron chi connectivity index (χ0n) is 17.0. The lowest BCUT2D eigenvalue weighted by Crippen LogP contribution is -2.12. The lowest BCUT2D eigenvalue weighted by Gasteiger charge is -2.03. The zero-order valence-corrected chi connectivity index (χ0v) is 17.8. The molecule has 0 fully saturated rings. The summed E-state index contributed by atoms with van der Waals surface area (Å²) in [5, 5.41) is 9.24. The third-order valence-electron chi connectivity index (χ3n) is 4.52. The Kier molecular flexibility index (Phi) is 6.23. The Morgan fingerprint density at radius 1 is 1.06 bits per heavy atom. The molecule has 158 valence electrons. The summed E-state index contributed by atoms with van der Waals surface area (Å²) in [6.45, 7) is 0. The number of carbonyl (C=O) groups is 1. The molecule has 1 amide bonds. The van der Waals surface area contributed by atoms with E-state index >= 15 is 0 Å². The molecule has 0 aliphatic heterocycles. The van der Waals surface area contributed by atoms with E-state index in [2.05, 4.69) is 20.4 Å². The Labute approximate surface area is 182 Å². The maximum atomic E-state index is 12.3. The maximum absolute atomic E-state index is 12.3. The van der Waals surface area contributed by atoms with Gasteiger partial charge in [-0.15, -0.1) is 11.3 Å². The normalized spacial score (nSPS) is 10.6. The van der Waals surface area contributed by atoms with E-state index in [1.165, 1.54) is 11.3 Å². The van der Waals surface area contributed by atoms with Crippen LogP contribution in [0.1, 0.15) is 12.3 Å². The molecule has 2 aromatic heterocycles. The first-order valence-corrected chi connectivity index (χ1v) is 10.4. The number of ether oxygens (including phenoxy) is 2. The molecule has 0 saturated heterocycles. The van der Waals surface area contributed by atoms with Crippen molar-refractivity contribution in [2.45, 2.75) is 12.8 Å². The van der Waals surface area contributed by atoms with Crippen LogP contribution in [0.4, 0.5) is 5.13 Å². The second-order valence-corrected chi connectivity index (χ2v) is 7.38. The highest BCUT2D eigenvalue weighted by Crippen LogP contribution is 2.28. The van der Waals surface area contributed by atoms with Crippen LogP contribution in [0.15, 0.2) is 58.4 Å². The number of thiazole rings is 1. The van der Waals surface area contributed by atoms with E-state index in [4.69, 9.17) is 14.0 Å². The van der Waals surface area contributed by atoms with Gasteiger partial charge in [0.2, 0.25) is 17.6 Å². The van der Waals surface area contributed by atoms with Crippen molar-refractivity contribution in [2.75, 3.05) is 19.5 Å². The zero-order chi connectivity index (χ0) is 21.6. The summed E-state index contributed by atoms with van der Waals surface area (Å²) < 4.78 is 15.8. The van der Waals surface area contributed by atoms with Crippen molar-refractivity contribution in [1.82, 2.24) is 15.1 Å². The molecule has 1 N–H and O–H groups in total. The molecule has 2 heterocycles. The number of para-hydroxylation sites is 1. The summed E-state index contributed by atoms with van der Waals surface area (Å²) in [6, 6.07) is 15.0. The lowest BCUT2D eigenvalue weighted by atomic mass is 10.2. The van der Waals surface area contributed by atoms with E-state index in [1.807, 2.05) is 53.9 Å². The number of benzene rings is 2. The highest BCUT2D eigenvalue weighted by molar-refractivity contribution is 7.14. The molecular weight excluding hydrogens is 416 g/mol. The molecular formula is C22H20N4O4S. The summed E-state index contributed by atoms with van der Waals surface area (Å²) in [6.07, 6.45) is 0.524. The van der Waals surface area contributed by atoms with Gasteiger partial charge in [-0.2, -0.15) is 4.98 Å². The highest BCUT2D eigenvalue weighted by Gasteiger charge is 2.14. The second kappa shape index (κ2) is 9.40. The molecule has 31 heavy (non-hydrogen) atoms. The van der Waals surface area contributed by atoms with Gasteiger partial charge in [0.15, 0.2) is 5.13 Å². The Balaban J connectivity index is 1.34. The fraction of sp³-hybridized carbons (Fsp3) is 0.182. The Morgan fingerprint density at radius 3 is 2.65 bits per heavy atom. The van der Waals surface area contributed by atoms with E-state index in [0.717, 1.165) is 22.6 Å². The van der Waals surface area contributed by atoms with E-state index in [9.17, 15) is 4.79 Å². The van der Waals surface area contributed by atoms with Gasteiger partial charge in [-0.3, -0.25) is 4.79 Å². The van der Waals surface area contributed by atoms with Crippen molar-refractivity contribution >= 4 is 22.4 Å². The molecule has 4 rings (SSSR count). The average molecular weight is 436 g/mol. The van der Waals surface area contributed by atoms with Crippen LogP contribution in [-0.4, -0.2) is 35.3 Å². The molecule has 0 saturated carbocycles. The summed E-state index contributed by atoms with van der Waals surface area (Å²) >= 11 is 1.37. The number of aromatic nitrogens is 3. The molecule has 8 nitrogen and oxygen atoms in total. The van der Waals surface area contributed by atoms with Gasteiger partial charge in [0.25, 0.3) is 0 Å². The Morgan fingerprint density at radius 2 is 1.87 bits per heavy atom. The fourth-order valence-electron chi connectivity index (χ4n) is 2.92. The predicted octanol–water partition coefficient (Wildman–Crippen LogP) is 4.45. The second-order valence-electron chi connectivity index (χ2n) is 6.53. The number of hydrogen-bond donors (Lipinski definition) is 1. The molecule has 0 bridgehead atoms. The first-order valence-electron chi connectivity index (χ1n) is 9.52.